The monoisotopic (exact) mass is 322 g/mol. The van der Waals surface area contributed by atoms with Gasteiger partial charge in [0.2, 0.25) is 10.0 Å². The molecule has 0 amide bonds. The minimum atomic E-state index is -3.64. The topological polar surface area (TPSA) is 72.2 Å². The van der Waals surface area contributed by atoms with Gasteiger partial charge in [-0.25, -0.2) is 13.1 Å². The molecule has 0 aliphatic heterocycles. The van der Waals surface area contributed by atoms with E-state index in [1.54, 1.807) is 24.8 Å². The normalized spacial score (nSPS) is 13.5. The molecule has 1 unspecified atom stereocenters. The summed E-state index contributed by atoms with van der Waals surface area (Å²) < 4.78 is 27.1. The Morgan fingerprint density at radius 1 is 1.47 bits per heavy atom. The maximum absolute atomic E-state index is 12.2. The summed E-state index contributed by atoms with van der Waals surface area (Å²) in [6.45, 7) is 5.64. The number of hydrogen-bond donors (Lipinski definition) is 2. The third-order valence-corrected chi connectivity index (χ3v) is 5.74. The molecule has 1 atom stereocenters. The lowest BCUT2D eigenvalue weighted by atomic mass is 10.2. The summed E-state index contributed by atoms with van der Waals surface area (Å²) in [6.07, 6.45) is 0. The fourth-order valence-electron chi connectivity index (χ4n) is 1.53. The molecule has 4 nitrogen and oxygen atoms in total. The van der Waals surface area contributed by atoms with Crippen molar-refractivity contribution in [2.24, 2.45) is 0 Å². The smallest absolute Gasteiger partial charge is 0.242 e. The van der Waals surface area contributed by atoms with E-state index in [9.17, 15) is 8.42 Å². The molecule has 7 heteroatoms. The van der Waals surface area contributed by atoms with Gasteiger partial charge in [-0.2, -0.15) is 11.8 Å². The van der Waals surface area contributed by atoms with Crippen LogP contribution in [0.25, 0.3) is 0 Å². The number of sulfonamides is 1. The van der Waals surface area contributed by atoms with Crippen LogP contribution in [0.2, 0.25) is 5.02 Å². The summed E-state index contributed by atoms with van der Waals surface area (Å²) in [5, 5.41) is 0.189. The summed E-state index contributed by atoms with van der Waals surface area (Å²) in [5.74, 6) is 1.67. The van der Waals surface area contributed by atoms with Gasteiger partial charge < -0.3 is 5.73 Å². The van der Waals surface area contributed by atoms with Gasteiger partial charge in [-0.1, -0.05) is 18.5 Å². The largest absolute Gasteiger partial charge is 0.398 e. The molecule has 0 bridgehead atoms. The van der Waals surface area contributed by atoms with Crippen LogP contribution >= 0.6 is 23.4 Å². The van der Waals surface area contributed by atoms with Crippen LogP contribution in [0.5, 0.6) is 0 Å². The van der Waals surface area contributed by atoms with Crippen molar-refractivity contribution >= 4 is 39.1 Å². The second kappa shape index (κ2) is 6.83. The van der Waals surface area contributed by atoms with Gasteiger partial charge in [0, 0.05) is 17.5 Å². The summed E-state index contributed by atoms with van der Waals surface area (Å²) in [7, 11) is -3.64. The zero-order valence-electron chi connectivity index (χ0n) is 11.2. The van der Waals surface area contributed by atoms with Crippen LogP contribution in [-0.4, -0.2) is 26.0 Å². The average Bonchev–Trinajstić information content (AvgIpc) is 2.30. The van der Waals surface area contributed by atoms with E-state index in [0.29, 0.717) is 11.4 Å². The lowest BCUT2D eigenvalue weighted by molar-refractivity contribution is 0.571. The molecule has 0 fully saturated rings. The van der Waals surface area contributed by atoms with Crippen molar-refractivity contribution in [2.75, 3.05) is 17.2 Å². The van der Waals surface area contributed by atoms with E-state index >= 15 is 0 Å². The fraction of sp³-hybridized carbons (Fsp3) is 0.500. The van der Waals surface area contributed by atoms with E-state index in [1.807, 2.05) is 13.8 Å². The van der Waals surface area contributed by atoms with E-state index in [2.05, 4.69) is 4.72 Å². The quantitative estimate of drug-likeness (QED) is 0.790. The van der Waals surface area contributed by atoms with Gasteiger partial charge >= 0.3 is 0 Å². The van der Waals surface area contributed by atoms with Crippen LogP contribution < -0.4 is 10.5 Å². The molecule has 19 heavy (non-hydrogen) atoms. The molecule has 0 heterocycles. The second-order valence-corrected chi connectivity index (χ2v) is 7.73. The number of nitrogens with two attached hydrogens (primary N) is 1. The Balaban J connectivity index is 2.98. The first kappa shape index (κ1) is 16.6. The van der Waals surface area contributed by atoms with E-state index in [1.165, 1.54) is 6.07 Å². The Bertz CT molecular complexity index is 547. The maximum Gasteiger partial charge on any atom is 0.242 e. The van der Waals surface area contributed by atoms with Crippen LogP contribution in [0.4, 0.5) is 5.69 Å². The Hall–Kier alpha value is -0.430. The second-order valence-electron chi connectivity index (χ2n) is 4.32. The lowest BCUT2D eigenvalue weighted by Crippen LogP contribution is -2.34. The van der Waals surface area contributed by atoms with Crippen molar-refractivity contribution in [3.8, 4) is 0 Å². The van der Waals surface area contributed by atoms with Crippen molar-refractivity contribution in [1.82, 2.24) is 4.72 Å². The number of nitrogen functional groups attached to an aromatic ring is 1. The predicted octanol–water partition coefficient (Wildman–Crippen LogP) is 2.65. The third kappa shape index (κ3) is 4.56. The minimum Gasteiger partial charge on any atom is -0.398 e. The Morgan fingerprint density at radius 2 is 2.11 bits per heavy atom. The van der Waals surface area contributed by atoms with Crippen LogP contribution in [0, 0.1) is 6.92 Å². The highest BCUT2D eigenvalue weighted by Gasteiger charge is 2.21. The highest BCUT2D eigenvalue weighted by Crippen LogP contribution is 2.26. The van der Waals surface area contributed by atoms with Crippen LogP contribution in [0.15, 0.2) is 17.0 Å². The molecule has 108 valence electrons. The van der Waals surface area contributed by atoms with Crippen LogP contribution in [-0.2, 0) is 10.0 Å². The molecule has 1 rings (SSSR count). The molecule has 1 aromatic rings. The van der Waals surface area contributed by atoms with Crippen molar-refractivity contribution in [2.45, 2.75) is 31.7 Å². The first-order valence-corrected chi connectivity index (χ1v) is 8.95. The number of thioether (sulfide) groups is 1. The van der Waals surface area contributed by atoms with Crippen molar-refractivity contribution < 1.29 is 8.42 Å². The van der Waals surface area contributed by atoms with Crippen molar-refractivity contribution in [3.05, 3.63) is 22.7 Å². The fourth-order valence-corrected chi connectivity index (χ4v) is 4.17. The standard InChI is InChI=1S/C12H19ClN2O2S2/c1-4-18-7-9(3)15-19(16,17)12-6-11(14)8(2)5-10(12)13/h5-6,9,15H,4,7,14H2,1-3H3. The summed E-state index contributed by atoms with van der Waals surface area (Å²) >= 11 is 7.67. The van der Waals surface area contributed by atoms with Gasteiger partial charge in [0.05, 0.1) is 5.02 Å². The number of nitrogens with one attached hydrogen (secondary N) is 1. The van der Waals surface area contributed by atoms with Crippen LogP contribution in [0.1, 0.15) is 19.4 Å². The van der Waals surface area contributed by atoms with Crippen molar-refractivity contribution in [1.29, 1.82) is 0 Å². The first-order valence-electron chi connectivity index (χ1n) is 5.93. The van der Waals surface area contributed by atoms with E-state index in [0.717, 1.165) is 11.3 Å². The summed E-state index contributed by atoms with van der Waals surface area (Å²) in [6, 6.07) is 2.81. The van der Waals surface area contributed by atoms with E-state index < -0.39 is 10.0 Å². The lowest BCUT2D eigenvalue weighted by Gasteiger charge is -2.15. The highest BCUT2D eigenvalue weighted by atomic mass is 35.5. The average molecular weight is 323 g/mol. The zero-order chi connectivity index (χ0) is 14.6. The van der Waals surface area contributed by atoms with Crippen molar-refractivity contribution in [3.63, 3.8) is 0 Å². The number of hydrogen-bond acceptors (Lipinski definition) is 4. The SMILES string of the molecule is CCSCC(C)NS(=O)(=O)c1cc(N)c(C)cc1Cl. The molecule has 0 saturated heterocycles. The molecular weight excluding hydrogens is 304 g/mol. The number of benzene rings is 1. The van der Waals surface area contributed by atoms with Gasteiger partial charge in [-0.3, -0.25) is 0 Å². The Labute approximate surface area is 124 Å². The first-order chi connectivity index (χ1) is 8.77. The minimum absolute atomic E-state index is 0.0330. The molecule has 0 aliphatic carbocycles. The molecule has 1 aromatic carbocycles. The predicted molar refractivity (Wildman–Crippen MR) is 83.4 cm³/mol. The third-order valence-electron chi connectivity index (χ3n) is 2.54. The van der Waals surface area contributed by atoms with Gasteiger partial charge in [0.25, 0.3) is 0 Å². The molecule has 3 N–H and O–H groups in total. The molecule has 0 radical (unpaired) electrons. The number of anilines is 1. The number of halogens is 1. The summed E-state index contributed by atoms with van der Waals surface area (Å²) in [5.41, 5.74) is 6.92. The van der Waals surface area contributed by atoms with Gasteiger partial charge in [-0.15, -0.1) is 0 Å². The highest BCUT2D eigenvalue weighted by molar-refractivity contribution is 7.99. The number of aryl methyl sites for hydroxylation is 1. The maximum atomic E-state index is 12.2. The molecular formula is C12H19ClN2O2S2. The van der Waals surface area contributed by atoms with Gasteiger partial charge in [-0.05, 0) is 37.3 Å². The zero-order valence-corrected chi connectivity index (χ0v) is 13.6. The molecule has 0 aromatic heterocycles. The van der Waals surface area contributed by atoms with E-state index in [-0.39, 0.29) is 16.0 Å². The molecule has 0 aliphatic rings. The van der Waals surface area contributed by atoms with Gasteiger partial charge in [0.15, 0.2) is 0 Å². The van der Waals surface area contributed by atoms with Crippen LogP contribution in [0.3, 0.4) is 0 Å². The Morgan fingerprint density at radius 3 is 2.68 bits per heavy atom. The molecule has 0 saturated carbocycles. The number of rotatable bonds is 6. The Kier molecular flexibility index (Phi) is 5.98. The van der Waals surface area contributed by atoms with E-state index in [4.69, 9.17) is 17.3 Å². The van der Waals surface area contributed by atoms with Gasteiger partial charge in [0.1, 0.15) is 4.90 Å². The summed E-state index contributed by atoms with van der Waals surface area (Å²) in [4.78, 5) is 0.0330. The molecule has 0 spiro atoms.